The van der Waals surface area contributed by atoms with Gasteiger partial charge in [0.2, 0.25) is 0 Å². The van der Waals surface area contributed by atoms with Crippen LogP contribution in [0.15, 0.2) is 66.9 Å². The molecule has 4 heteroatoms. The van der Waals surface area contributed by atoms with Crippen LogP contribution in [0.4, 0.5) is 0 Å². The van der Waals surface area contributed by atoms with Crippen molar-refractivity contribution in [2.24, 2.45) is 0 Å². The Morgan fingerprint density at radius 1 is 0.815 bits per heavy atom. The van der Waals surface area contributed by atoms with Gasteiger partial charge in [0, 0.05) is 17.8 Å². The van der Waals surface area contributed by atoms with Crippen LogP contribution < -0.4 is 9.47 Å². The number of rotatable bonds is 5. The topological polar surface area (TPSA) is 51.3 Å². The van der Waals surface area contributed by atoms with E-state index in [1.54, 1.807) is 20.3 Å². The van der Waals surface area contributed by atoms with Gasteiger partial charge in [0.1, 0.15) is 11.5 Å². The Labute approximate surface area is 157 Å². The highest BCUT2D eigenvalue weighted by molar-refractivity contribution is 6.08. The molecule has 1 heterocycles. The molecule has 1 aromatic heterocycles. The van der Waals surface area contributed by atoms with Gasteiger partial charge >= 0.3 is 0 Å². The summed E-state index contributed by atoms with van der Waals surface area (Å²) in [5.74, 6) is 1.15. The maximum atomic E-state index is 11.6. The predicted octanol–water partition coefficient (Wildman–Crippen LogP) is 5.33. The Kier molecular flexibility index (Phi) is 4.38. The minimum Gasteiger partial charge on any atom is -0.496 e. The number of aromatic amines is 1. The molecule has 0 unspecified atom stereocenters. The Morgan fingerprint density at radius 3 is 2.07 bits per heavy atom. The summed E-state index contributed by atoms with van der Waals surface area (Å²) in [6, 6.07) is 20.4. The molecule has 0 spiro atoms. The maximum absolute atomic E-state index is 11.6. The van der Waals surface area contributed by atoms with Crippen LogP contribution in [-0.2, 0) is 0 Å². The van der Waals surface area contributed by atoms with E-state index in [-0.39, 0.29) is 0 Å². The second kappa shape index (κ2) is 7.00. The lowest BCUT2D eigenvalue weighted by Crippen LogP contribution is -1.95. The fraction of sp³-hybridized carbons (Fsp3) is 0.0870. The van der Waals surface area contributed by atoms with Gasteiger partial charge in [0.05, 0.1) is 30.7 Å². The lowest BCUT2D eigenvalue weighted by molar-refractivity contribution is 0.112. The minimum atomic E-state index is 0.487. The summed E-state index contributed by atoms with van der Waals surface area (Å²) in [5, 5.41) is 0.868. The number of ether oxygens (including phenoxy) is 2. The lowest BCUT2D eigenvalue weighted by atomic mass is 9.98. The van der Waals surface area contributed by atoms with Gasteiger partial charge in [-0.2, -0.15) is 0 Å². The molecule has 0 saturated carbocycles. The molecule has 0 amide bonds. The van der Waals surface area contributed by atoms with Crippen molar-refractivity contribution in [3.05, 3.63) is 72.4 Å². The van der Waals surface area contributed by atoms with Crippen LogP contribution in [0, 0.1) is 0 Å². The first-order chi connectivity index (χ1) is 13.3. The summed E-state index contributed by atoms with van der Waals surface area (Å²) < 4.78 is 10.9. The maximum Gasteiger partial charge on any atom is 0.155 e. The third kappa shape index (κ3) is 2.85. The standard InChI is InChI=1S/C23H19NO3/c1-26-20-12-21(27-2)22-18(13-24-23(22)19(20)14-25)17-10-8-16(9-11-17)15-6-4-3-5-7-15/h3-14,24H,1-2H3. The number of hydrogen-bond acceptors (Lipinski definition) is 3. The van der Waals surface area contributed by atoms with Crippen LogP contribution in [0.3, 0.4) is 0 Å². The average Bonchev–Trinajstić information content (AvgIpc) is 3.18. The van der Waals surface area contributed by atoms with Crippen molar-refractivity contribution in [3.63, 3.8) is 0 Å². The van der Waals surface area contributed by atoms with Crippen molar-refractivity contribution >= 4 is 17.2 Å². The molecule has 1 N–H and O–H groups in total. The van der Waals surface area contributed by atoms with Crippen LogP contribution in [0.5, 0.6) is 11.5 Å². The van der Waals surface area contributed by atoms with E-state index in [0.29, 0.717) is 22.6 Å². The van der Waals surface area contributed by atoms with E-state index in [2.05, 4.69) is 41.4 Å². The highest BCUT2D eigenvalue weighted by atomic mass is 16.5. The third-order valence-electron chi connectivity index (χ3n) is 4.78. The average molecular weight is 357 g/mol. The van der Waals surface area contributed by atoms with Crippen molar-refractivity contribution in [2.75, 3.05) is 14.2 Å². The van der Waals surface area contributed by atoms with Crippen molar-refractivity contribution in [3.8, 4) is 33.8 Å². The highest BCUT2D eigenvalue weighted by Crippen LogP contribution is 2.40. The molecule has 4 aromatic rings. The molecule has 0 fully saturated rings. The van der Waals surface area contributed by atoms with Gasteiger partial charge in [-0.1, -0.05) is 54.6 Å². The largest absolute Gasteiger partial charge is 0.496 e. The van der Waals surface area contributed by atoms with E-state index in [4.69, 9.17) is 9.47 Å². The Balaban J connectivity index is 1.86. The molecule has 27 heavy (non-hydrogen) atoms. The zero-order valence-corrected chi connectivity index (χ0v) is 15.2. The molecule has 0 radical (unpaired) electrons. The normalized spacial score (nSPS) is 10.7. The van der Waals surface area contributed by atoms with Crippen molar-refractivity contribution in [1.82, 2.24) is 4.98 Å². The monoisotopic (exact) mass is 357 g/mol. The molecular weight excluding hydrogens is 338 g/mol. The number of aldehydes is 1. The summed E-state index contributed by atoms with van der Waals surface area (Å²) in [7, 11) is 3.16. The van der Waals surface area contributed by atoms with E-state index in [1.807, 2.05) is 24.4 Å². The number of carbonyl (C=O) groups excluding carboxylic acids is 1. The van der Waals surface area contributed by atoms with E-state index >= 15 is 0 Å². The minimum absolute atomic E-state index is 0.487. The first kappa shape index (κ1) is 16.9. The zero-order chi connectivity index (χ0) is 18.8. The number of methoxy groups -OCH3 is 2. The van der Waals surface area contributed by atoms with Crippen LogP contribution in [0.1, 0.15) is 10.4 Å². The van der Waals surface area contributed by atoms with E-state index < -0.39 is 0 Å². The number of nitrogens with one attached hydrogen (secondary N) is 1. The van der Waals surface area contributed by atoms with Crippen LogP contribution in [-0.4, -0.2) is 25.5 Å². The van der Waals surface area contributed by atoms with Crippen LogP contribution in [0.25, 0.3) is 33.2 Å². The number of aromatic nitrogens is 1. The molecule has 4 rings (SSSR count). The summed E-state index contributed by atoms with van der Waals surface area (Å²) in [6.07, 6.45) is 2.70. The summed E-state index contributed by atoms with van der Waals surface area (Å²) in [5.41, 5.74) is 5.55. The summed E-state index contributed by atoms with van der Waals surface area (Å²) in [4.78, 5) is 14.8. The number of H-pyrrole nitrogens is 1. The number of hydrogen-bond donors (Lipinski definition) is 1. The van der Waals surface area contributed by atoms with Gasteiger partial charge in [0.25, 0.3) is 0 Å². The highest BCUT2D eigenvalue weighted by Gasteiger charge is 2.18. The van der Waals surface area contributed by atoms with E-state index in [1.165, 1.54) is 5.56 Å². The van der Waals surface area contributed by atoms with Crippen LogP contribution >= 0.6 is 0 Å². The van der Waals surface area contributed by atoms with E-state index in [0.717, 1.165) is 28.4 Å². The predicted molar refractivity (Wildman–Crippen MR) is 108 cm³/mol. The fourth-order valence-corrected chi connectivity index (χ4v) is 3.43. The smallest absolute Gasteiger partial charge is 0.155 e. The van der Waals surface area contributed by atoms with Gasteiger partial charge < -0.3 is 14.5 Å². The second-order valence-corrected chi connectivity index (χ2v) is 6.21. The second-order valence-electron chi connectivity index (χ2n) is 6.21. The molecule has 4 nitrogen and oxygen atoms in total. The van der Waals surface area contributed by atoms with Crippen molar-refractivity contribution in [1.29, 1.82) is 0 Å². The van der Waals surface area contributed by atoms with Crippen molar-refractivity contribution < 1.29 is 14.3 Å². The Hall–Kier alpha value is -3.53. The first-order valence-electron chi connectivity index (χ1n) is 8.64. The van der Waals surface area contributed by atoms with Crippen molar-refractivity contribution in [2.45, 2.75) is 0 Å². The molecule has 0 atom stereocenters. The van der Waals surface area contributed by atoms with Crippen LogP contribution in [0.2, 0.25) is 0 Å². The van der Waals surface area contributed by atoms with E-state index in [9.17, 15) is 4.79 Å². The SMILES string of the molecule is COc1cc(OC)c2c(-c3ccc(-c4ccccc4)cc3)c[nH]c2c1C=O. The number of fused-ring (bicyclic) bond motifs is 1. The quantitative estimate of drug-likeness (QED) is 0.491. The lowest BCUT2D eigenvalue weighted by Gasteiger charge is -2.11. The molecular formula is C23H19NO3. The third-order valence-corrected chi connectivity index (χ3v) is 4.78. The molecule has 0 bridgehead atoms. The fourth-order valence-electron chi connectivity index (χ4n) is 3.43. The molecule has 0 aliphatic rings. The molecule has 0 aliphatic heterocycles. The molecule has 0 aliphatic carbocycles. The Bertz CT molecular complexity index is 1100. The number of carbonyl (C=O) groups is 1. The number of benzene rings is 3. The van der Waals surface area contributed by atoms with Gasteiger partial charge in [-0.15, -0.1) is 0 Å². The first-order valence-corrected chi connectivity index (χ1v) is 8.64. The van der Waals surface area contributed by atoms with Gasteiger partial charge in [-0.05, 0) is 16.7 Å². The molecule has 0 saturated heterocycles. The summed E-state index contributed by atoms with van der Waals surface area (Å²) in [6.45, 7) is 0. The Morgan fingerprint density at radius 2 is 1.44 bits per heavy atom. The molecule has 134 valence electrons. The van der Waals surface area contributed by atoms with Gasteiger partial charge in [-0.3, -0.25) is 4.79 Å². The van der Waals surface area contributed by atoms with Gasteiger partial charge in [0.15, 0.2) is 6.29 Å². The molecule has 3 aromatic carbocycles. The van der Waals surface area contributed by atoms with Gasteiger partial charge in [-0.25, -0.2) is 0 Å². The zero-order valence-electron chi connectivity index (χ0n) is 15.2. The summed E-state index contributed by atoms with van der Waals surface area (Å²) >= 11 is 0.